The average molecular weight is 819 g/mol. The van der Waals surface area contributed by atoms with Gasteiger partial charge in [0.2, 0.25) is 0 Å². The molecule has 4 aromatic rings. The van der Waals surface area contributed by atoms with E-state index in [4.69, 9.17) is 9.47 Å². The van der Waals surface area contributed by atoms with Crippen LogP contribution in [-0.2, 0) is 33.1 Å². The molecule has 0 fully saturated rings. The summed E-state index contributed by atoms with van der Waals surface area (Å²) in [6.07, 6.45) is 21.5. The van der Waals surface area contributed by atoms with Crippen LogP contribution in [0.1, 0.15) is 128 Å². The number of benzene rings is 4. The van der Waals surface area contributed by atoms with Gasteiger partial charge in [0, 0.05) is 0 Å². The quantitative estimate of drug-likeness (QED) is 0.0388. The van der Waals surface area contributed by atoms with Gasteiger partial charge in [0.25, 0.3) is 0 Å². The van der Waals surface area contributed by atoms with Crippen LogP contribution in [0.3, 0.4) is 0 Å². The van der Waals surface area contributed by atoms with Gasteiger partial charge < -0.3 is 18.6 Å². The van der Waals surface area contributed by atoms with Gasteiger partial charge in [0.1, 0.15) is 43.2 Å². The molecule has 0 N–H and O–H groups in total. The summed E-state index contributed by atoms with van der Waals surface area (Å²) in [5.41, 5.74) is 1.97. The largest absolute Gasteiger partial charge is 2.00 e. The van der Waals surface area contributed by atoms with Crippen molar-refractivity contribution in [3.8, 4) is 23.0 Å². The molecule has 0 amide bonds. The normalized spacial score (nSPS) is 11.3. The predicted molar refractivity (Wildman–Crippen MR) is 220 cm³/mol. The van der Waals surface area contributed by atoms with Crippen molar-refractivity contribution in [2.45, 2.75) is 139 Å². The second-order valence-electron chi connectivity index (χ2n) is 13.8. The second-order valence-corrected chi connectivity index (χ2v) is 16.4. The van der Waals surface area contributed by atoms with Crippen LogP contribution in [0.4, 0.5) is 0 Å². The molecule has 0 radical (unpaired) electrons. The Morgan fingerprint density at radius 3 is 1.05 bits per heavy atom. The molecule has 55 heavy (non-hydrogen) atoms. The first-order valence-electron chi connectivity index (χ1n) is 19.6. The maximum atomic E-state index is 11.5. The van der Waals surface area contributed by atoms with Gasteiger partial charge in [-0.05, 0) is 85.3 Å². The SMILES string of the molecule is CCCCCCCCCCc1ccc(S(=O)(=O)[O-])c(Oc2ccccc2)c1.CCCCCCCCCCc1ccc(S(=O)(=O)[O-])c(Oc2ccccc2)c1.[Ca+2]. The van der Waals surface area contributed by atoms with Crippen molar-refractivity contribution in [1.82, 2.24) is 0 Å². The van der Waals surface area contributed by atoms with Crippen LogP contribution in [0.25, 0.3) is 0 Å². The molecular weight excluding hydrogens is 761 g/mol. The molecule has 0 aromatic heterocycles. The van der Waals surface area contributed by atoms with E-state index in [0.717, 1.165) is 49.7 Å². The number of hydrogen-bond donors (Lipinski definition) is 0. The monoisotopic (exact) mass is 818 g/mol. The van der Waals surface area contributed by atoms with Gasteiger partial charge in [0.05, 0.1) is 9.79 Å². The molecular formula is C44H58CaO8S2. The van der Waals surface area contributed by atoms with E-state index in [9.17, 15) is 25.9 Å². The molecule has 0 heterocycles. The topological polar surface area (TPSA) is 133 Å². The van der Waals surface area contributed by atoms with Crippen molar-refractivity contribution < 1.29 is 35.4 Å². The van der Waals surface area contributed by atoms with Crippen LogP contribution < -0.4 is 9.47 Å². The number of aryl methyl sites for hydroxylation is 2. The molecule has 0 unspecified atom stereocenters. The third kappa shape index (κ3) is 20.0. The number of hydrogen-bond acceptors (Lipinski definition) is 8. The summed E-state index contributed by atoms with van der Waals surface area (Å²) < 4.78 is 80.5. The Kier molecular flexibility index (Phi) is 24.1. The summed E-state index contributed by atoms with van der Waals surface area (Å²) in [4.78, 5) is -0.628. The number of rotatable bonds is 24. The smallest absolute Gasteiger partial charge is 0.744 e. The number of ether oxygens (including phenoxy) is 2. The number of unbranched alkanes of at least 4 members (excludes halogenated alkanes) is 14. The molecule has 0 spiro atoms. The van der Waals surface area contributed by atoms with E-state index in [1.807, 2.05) is 12.1 Å². The number of para-hydroxylation sites is 2. The van der Waals surface area contributed by atoms with Crippen LogP contribution >= 0.6 is 0 Å². The van der Waals surface area contributed by atoms with Crippen LogP contribution in [0.15, 0.2) is 107 Å². The third-order valence-corrected chi connectivity index (χ3v) is 10.9. The molecule has 4 aromatic carbocycles. The van der Waals surface area contributed by atoms with Crippen LogP contribution in [0, 0.1) is 0 Å². The Hall–Kier alpha value is -2.44. The van der Waals surface area contributed by atoms with Crippen molar-refractivity contribution in [3.05, 3.63) is 108 Å². The second kappa shape index (κ2) is 27.2. The van der Waals surface area contributed by atoms with E-state index in [1.54, 1.807) is 72.8 Å². The van der Waals surface area contributed by atoms with E-state index >= 15 is 0 Å². The Balaban J connectivity index is 0.000000373. The minimum Gasteiger partial charge on any atom is -0.744 e. The van der Waals surface area contributed by atoms with Gasteiger partial charge in [-0.1, -0.05) is 152 Å². The molecule has 296 valence electrons. The molecule has 8 nitrogen and oxygen atoms in total. The van der Waals surface area contributed by atoms with E-state index in [1.165, 1.54) is 89.2 Å². The summed E-state index contributed by atoms with van der Waals surface area (Å²) in [5.74, 6) is 1.22. The Labute approximate surface area is 361 Å². The summed E-state index contributed by atoms with van der Waals surface area (Å²) >= 11 is 0. The fraction of sp³-hybridized carbons (Fsp3) is 0.455. The van der Waals surface area contributed by atoms with Crippen LogP contribution in [0.2, 0.25) is 0 Å². The van der Waals surface area contributed by atoms with Gasteiger partial charge in [-0.3, -0.25) is 0 Å². The summed E-state index contributed by atoms with van der Waals surface area (Å²) in [5, 5.41) is 0. The summed E-state index contributed by atoms with van der Waals surface area (Å²) in [7, 11) is -9.17. The van der Waals surface area contributed by atoms with Crippen molar-refractivity contribution >= 4 is 58.0 Å². The fourth-order valence-electron chi connectivity index (χ4n) is 6.15. The van der Waals surface area contributed by atoms with Gasteiger partial charge >= 0.3 is 37.7 Å². The van der Waals surface area contributed by atoms with Gasteiger partial charge in [0.15, 0.2) is 0 Å². The fourth-order valence-corrected chi connectivity index (χ4v) is 7.31. The van der Waals surface area contributed by atoms with E-state index < -0.39 is 20.2 Å². The molecule has 0 atom stereocenters. The summed E-state index contributed by atoms with van der Waals surface area (Å²) in [6, 6.07) is 27.3. The minimum atomic E-state index is -4.59. The zero-order valence-electron chi connectivity index (χ0n) is 32.8. The standard InChI is InChI=1S/2C22H30O4S.Ca/c2*1-2-3-4-5-6-7-8-10-13-19-16-17-22(27(23,24)25)21(18-19)26-20-14-11-9-12-15-20;/h2*9,11-12,14-18H,2-8,10,13H2,1H3,(H,23,24,25);/q;;+2/p-2. The first-order valence-corrected chi connectivity index (χ1v) is 22.5. The molecule has 0 aliphatic carbocycles. The molecule has 11 heteroatoms. The zero-order valence-corrected chi connectivity index (χ0v) is 36.6. The molecule has 0 aliphatic heterocycles. The van der Waals surface area contributed by atoms with Crippen molar-refractivity contribution in [2.24, 2.45) is 0 Å². The van der Waals surface area contributed by atoms with Crippen molar-refractivity contribution in [1.29, 1.82) is 0 Å². The Morgan fingerprint density at radius 1 is 0.436 bits per heavy atom. The first-order chi connectivity index (χ1) is 26.0. The van der Waals surface area contributed by atoms with E-state index in [-0.39, 0.29) is 59.0 Å². The van der Waals surface area contributed by atoms with Crippen molar-refractivity contribution in [3.63, 3.8) is 0 Å². The van der Waals surface area contributed by atoms with Gasteiger partial charge in [-0.2, -0.15) is 0 Å². The molecule has 4 rings (SSSR count). The maximum Gasteiger partial charge on any atom is 2.00 e. The van der Waals surface area contributed by atoms with Crippen LogP contribution in [0.5, 0.6) is 23.0 Å². The molecule has 0 saturated heterocycles. The Bertz CT molecular complexity index is 1710. The van der Waals surface area contributed by atoms with Crippen LogP contribution in [-0.4, -0.2) is 63.7 Å². The predicted octanol–water partition coefficient (Wildman–Crippen LogP) is 11.8. The first kappa shape index (κ1) is 48.7. The molecule has 0 bridgehead atoms. The minimum absolute atomic E-state index is 0. The van der Waals surface area contributed by atoms with Crippen molar-refractivity contribution in [2.75, 3.05) is 0 Å². The van der Waals surface area contributed by atoms with Gasteiger partial charge in [-0.15, -0.1) is 0 Å². The molecule has 0 aliphatic rings. The zero-order chi connectivity index (χ0) is 39.1. The third-order valence-electron chi connectivity index (χ3n) is 9.13. The maximum absolute atomic E-state index is 11.5. The van der Waals surface area contributed by atoms with E-state index in [2.05, 4.69) is 13.8 Å². The Morgan fingerprint density at radius 2 is 0.745 bits per heavy atom. The molecule has 0 saturated carbocycles. The van der Waals surface area contributed by atoms with Gasteiger partial charge in [-0.25, -0.2) is 16.8 Å². The van der Waals surface area contributed by atoms with E-state index in [0.29, 0.717) is 11.5 Å². The average Bonchev–Trinajstić information content (AvgIpc) is 3.14. The summed E-state index contributed by atoms with van der Waals surface area (Å²) in [6.45, 7) is 4.44.